The Labute approximate surface area is 130 Å². The van der Waals surface area contributed by atoms with Crippen LogP contribution in [0, 0.1) is 17.8 Å². The van der Waals surface area contributed by atoms with Crippen LogP contribution in [-0.4, -0.2) is 24.2 Å². The second-order valence-corrected chi connectivity index (χ2v) is 6.57. The lowest BCUT2D eigenvalue weighted by Crippen LogP contribution is -2.25. The van der Waals surface area contributed by atoms with Gasteiger partial charge in [0.1, 0.15) is 0 Å². The smallest absolute Gasteiger partial charge is 0.261 e. The van der Waals surface area contributed by atoms with Crippen LogP contribution in [-0.2, 0) is 0 Å². The third kappa shape index (κ3) is 5.53. The Morgan fingerprint density at radius 3 is 2.90 bits per heavy atom. The Kier molecular flexibility index (Phi) is 6.78. The van der Waals surface area contributed by atoms with E-state index in [2.05, 4.69) is 17.2 Å². The molecule has 114 valence electrons. The number of hydrogen-bond acceptors (Lipinski definition) is 3. The maximum atomic E-state index is 12.0. The van der Waals surface area contributed by atoms with Crippen LogP contribution in [0.5, 0.6) is 0 Å². The van der Waals surface area contributed by atoms with Crippen molar-refractivity contribution in [1.29, 1.82) is 0 Å². The third-order valence-corrected chi connectivity index (χ3v) is 4.84. The normalized spacial score (nSPS) is 15.3. The predicted molar refractivity (Wildman–Crippen MR) is 86.4 cm³/mol. The van der Waals surface area contributed by atoms with Gasteiger partial charge in [-0.3, -0.25) is 4.79 Å². The molecule has 0 unspecified atom stereocenters. The summed E-state index contributed by atoms with van der Waals surface area (Å²) in [4.78, 5) is 13.6. The van der Waals surface area contributed by atoms with Gasteiger partial charge in [-0.25, -0.2) is 0 Å². The number of aliphatic hydroxyl groups is 1. The number of aliphatic hydroxyl groups excluding tert-OH is 1. The van der Waals surface area contributed by atoms with Gasteiger partial charge >= 0.3 is 0 Å². The highest BCUT2D eigenvalue weighted by molar-refractivity contribution is 7.14. The van der Waals surface area contributed by atoms with Gasteiger partial charge in [0.05, 0.1) is 16.4 Å². The molecule has 1 saturated carbocycles. The van der Waals surface area contributed by atoms with Crippen molar-refractivity contribution in [3.63, 3.8) is 0 Å². The van der Waals surface area contributed by atoms with Crippen LogP contribution in [0.25, 0.3) is 0 Å². The molecule has 0 aliphatic heterocycles. The van der Waals surface area contributed by atoms with Crippen molar-refractivity contribution >= 4 is 17.2 Å². The lowest BCUT2D eigenvalue weighted by molar-refractivity contribution is 0.0954. The van der Waals surface area contributed by atoms with Gasteiger partial charge in [0.25, 0.3) is 5.91 Å². The van der Waals surface area contributed by atoms with E-state index in [4.69, 9.17) is 5.11 Å². The largest absolute Gasteiger partial charge is 0.395 e. The number of carbonyl (C=O) groups is 1. The van der Waals surface area contributed by atoms with Crippen molar-refractivity contribution in [3.8, 4) is 11.8 Å². The molecule has 2 N–H and O–H groups in total. The maximum Gasteiger partial charge on any atom is 0.261 e. The first-order valence-corrected chi connectivity index (χ1v) is 8.59. The van der Waals surface area contributed by atoms with Gasteiger partial charge in [0.15, 0.2) is 0 Å². The first-order valence-electron chi connectivity index (χ1n) is 7.77. The van der Waals surface area contributed by atoms with E-state index in [1.165, 1.54) is 43.4 Å². The van der Waals surface area contributed by atoms with E-state index in [1.807, 2.05) is 12.1 Å². The lowest BCUT2D eigenvalue weighted by Gasteiger charge is -2.21. The maximum absolute atomic E-state index is 12.0. The van der Waals surface area contributed by atoms with Gasteiger partial charge in [0.2, 0.25) is 0 Å². The molecule has 1 aliphatic carbocycles. The zero-order chi connectivity index (χ0) is 14.9. The van der Waals surface area contributed by atoms with Crippen molar-refractivity contribution in [1.82, 2.24) is 5.32 Å². The van der Waals surface area contributed by atoms with E-state index in [9.17, 15) is 4.79 Å². The first-order chi connectivity index (χ1) is 10.3. The summed E-state index contributed by atoms with van der Waals surface area (Å²) in [5, 5.41) is 11.7. The van der Waals surface area contributed by atoms with Crippen molar-refractivity contribution in [3.05, 3.63) is 21.9 Å². The van der Waals surface area contributed by atoms with Crippen LogP contribution in [0.1, 0.15) is 59.5 Å². The molecule has 1 aromatic rings. The van der Waals surface area contributed by atoms with Crippen molar-refractivity contribution in [2.75, 3.05) is 13.2 Å². The molecule has 0 radical (unpaired) electrons. The number of amides is 1. The molecule has 0 saturated heterocycles. The molecule has 21 heavy (non-hydrogen) atoms. The molecule has 2 rings (SSSR count). The zero-order valence-electron chi connectivity index (χ0n) is 12.4. The van der Waals surface area contributed by atoms with E-state index in [0.717, 1.165) is 23.8 Å². The fraction of sp³-hybridized carbons (Fsp3) is 0.588. The lowest BCUT2D eigenvalue weighted by atomic mass is 9.87. The van der Waals surface area contributed by atoms with Gasteiger partial charge in [-0.15, -0.1) is 11.3 Å². The van der Waals surface area contributed by atoms with Crippen LogP contribution >= 0.6 is 11.3 Å². The van der Waals surface area contributed by atoms with E-state index < -0.39 is 0 Å². The Hall–Kier alpha value is -1.31. The minimum atomic E-state index is 0.00557. The molecule has 1 aliphatic rings. The Morgan fingerprint density at radius 2 is 2.14 bits per heavy atom. The van der Waals surface area contributed by atoms with Crippen molar-refractivity contribution in [2.24, 2.45) is 5.92 Å². The SMILES string of the molecule is O=C(NCCC1CCCCC1)c1ccc(C#CCCO)s1. The topological polar surface area (TPSA) is 49.3 Å². The second kappa shape index (κ2) is 8.86. The third-order valence-electron chi connectivity index (χ3n) is 3.84. The van der Waals surface area contributed by atoms with Gasteiger partial charge < -0.3 is 10.4 Å². The average molecular weight is 305 g/mol. The summed E-state index contributed by atoms with van der Waals surface area (Å²) in [7, 11) is 0. The predicted octanol–water partition coefficient (Wildman–Crippen LogP) is 3.18. The summed E-state index contributed by atoms with van der Waals surface area (Å²) >= 11 is 1.41. The summed E-state index contributed by atoms with van der Waals surface area (Å²) < 4.78 is 0. The zero-order valence-corrected chi connectivity index (χ0v) is 13.2. The molecule has 4 heteroatoms. The second-order valence-electron chi connectivity index (χ2n) is 5.49. The van der Waals surface area contributed by atoms with E-state index in [1.54, 1.807) is 0 Å². The van der Waals surface area contributed by atoms with E-state index in [0.29, 0.717) is 11.3 Å². The summed E-state index contributed by atoms with van der Waals surface area (Å²) in [5.41, 5.74) is 0. The molecular formula is C17H23NO2S. The Morgan fingerprint density at radius 1 is 1.33 bits per heavy atom. The summed E-state index contributed by atoms with van der Waals surface area (Å²) in [6.07, 6.45) is 8.27. The molecule has 1 heterocycles. The molecule has 1 amide bonds. The van der Waals surface area contributed by atoms with E-state index in [-0.39, 0.29) is 12.5 Å². The highest BCUT2D eigenvalue weighted by Gasteiger charge is 2.14. The first kappa shape index (κ1) is 16.1. The van der Waals surface area contributed by atoms with Gasteiger partial charge in [0, 0.05) is 13.0 Å². The van der Waals surface area contributed by atoms with Gasteiger partial charge in [-0.2, -0.15) is 0 Å². The van der Waals surface area contributed by atoms with Crippen molar-refractivity contribution < 1.29 is 9.90 Å². The quantitative estimate of drug-likeness (QED) is 0.821. The highest BCUT2D eigenvalue weighted by Crippen LogP contribution is 2.25. The average Bonchev–Trinajstić information content (AvgIpc) is 2.97. The standard InChI is InChI=1S/C17H23NO2S/c19-13-5-4-8-15-9-10-16(21-15)17(20)18-12-11-14-6-2-1-3-7-14/h9-10,14,19H,1-3,5-7,11-13H2,(H,18,20). The Bertz CT molecular complexity index is 506. The molecule has 1 aromatic heterocycles. The summed E-state index contributed by atoms with van der Waals surface area (Å²) in [6, 6.07) is 3.69. The fourth-order valence-corrected chi connectivity index (χ4v) is 3.48. The molecule has 0 aromatic carbocycles. The van der Waals surface area contributed by atoms with E-state index >= 15 is 0 Å². The number of nitrogens with one attached hydrogen (secondary N) is 1. The monoisotopic (exact) mass is 305 g/mol. The molecule has 0 spiro atoms. The number of thiophene rings is 1. The molecule has 1 fully saturated rings. The number of rotatable bonds is 5. The van der Waals surface area contributed by atoms with Gasteiger partial charge in [-0.1, -0.05) is 43.9 Å². The van der Waals surface area contributed by atoms with Crippen LogP contribution in [0.3, 0.4) is 0 Å². The highest BCUT2D eigenvalue weighted by atomic mass is 32.1. The minimum Gasteiger partial charge on any atom is -0.395 e. The van der Waals surface area contributed by atoms with Crippen molar-refractivity contribution in [2.45, 2.75) is 44.9 Å². The molecule has 0 bridgehead atoms. The summed E-state index contributed by atoms with van der Waals surface area (Å²) in [6.45, 7) is 0.847. The molecule has 0 atom stereocenters. The van der Waals surface area contributed by atoms with Crippen LogP contribution in [0.2, 0.25) is 0 Å². The Balaban J connectivity index is 1.74. The number of hydrogen-bond donors (Lipinski definition) is 2. The van der Waals surface area contributed by atoms with Crippen LogP contribution in [0.4, 0.5) is 0 Å². The number of carbonyl (C=O) groups excluding carboxylic acids is 1. The minimum absolute atomic E-state index is 0.00557. The molecular weight excluding hydrogens is 282 g/mol. The van der Waals surface area contributed by atoms with Crippen LogP contribution in [0.15, 0.2) is 12.1 Å². The summed E-state index contributed by atoms with van der Waals surface area (Å²) in [5.74, 6) is 6.63. The van der Waals surface area contributed by atoms with Crippen LogP contribution < -0.4 is 5.32 Å². The fourth-order valence-electron chi connectivity index (χ4n) is 2.69. The molecule has 3 nitrogen and oxygen atoms in total. The van der Waals surface area contributed by atoms with Gasteiger partial charge in [-0.05, 0) is 24.5 Å².